The van der Waals surface area contributed by atoms with Crippen LogP contribution >= 0.6 is 0 Å². The summed E-state index contributed by atoms with van der Waals surface area (Å²) in [6.07, 6.45) is 2.43. The molecule has 0 spiro atoms. The molecule has 1 heterocycles. The lowest BCUT2D eigenvalue weighted by molar-refractivity contribution is -0.142. The Morgan fingerprint density at radius 1 is 1.24 bits per heavy atom. The lowest BCUT2D eigenvalue weighted by atomic mass is 10.1. The molecular weight excluding hydrogens is 320 g/mol. The van der Waals surface area contributed by atoms with E-state index in [1.54, 1.807) is 6.92 Å². The second-order valence-electron chi connectivity index (χ2n) is 6.85. The Morgan fingerprint density at radius 3 is 2.68 bits per heavy atom. The fourth-order valence-corrected chi connectivity index (χ4v) is 2.53. The first-order valence-electron chi connectivity index (χ1n) is 8.50. The van der Waals surface area contributed by atoms with E-state index < -0.39 is 11.7 Å². The standard InChI is InChI=1S/C19H26N2O4/c1-5-24-17(22)11-13-6-7-16-15(10-13)14(12-21-16)8-9-20-18(23)25-19(2,3)4/h6-7,10,12,21H,5,8-9,11H2,1-4H3,(H,20,23). The van der Waals surface area contributed by atoms with Crippen LogP contribution in [0.3, 0.4) is 0 Å². The highest BCUT2D eigenvalue weighted by atomic mass is 16.6. The van der Waals surface area contributed by atoms with Crippen LogP contribution in [0.25, 0.3) is 10.9 Å². The van der Waals surface area contributed by atoms with Crippen molar-refractivity contribution >= 4 is 23.0 Å². The number of hydrogen-bond acceptors (Lipinski definition) is 4. The number of esters is 1. The van der Waals surface area contributed by atoms with Gasteiger partial charge in [-0.2, -0.15) is 0 Å². The monoisotopic (exact) mass is 346 g/mol. The van der Waals surface area contributed by atoms with Crippen molar-refractivity contribution in [1.82, 2.24) is 10.3 Å². The lowest BCUT2D eigenvalue weighted by Gasteiger charge is -2.19. The Kier molecular flexibility index (Phi) is 6.07. The highest BCUT2D eigenvalue weighted by Crippen LogP contribution is 2.21. The van der Waals surface area contributed by atoms with Gasteiger partial charge in [-0.1, -0.05) is 6.07 Å². The zero-order valence-electron chi connectivity index (χ0n) is 15.3. The van der Waals surface area contributed by atoms with Gasteiger partial charge >= 0.3 is 12.1 Å². The number of carbonyl (C=O) groups is 2. The maximum Gasteiger partial charge on any atom is 0.407 e. The van der Waals surface area contributed by atoms with Gasteiger partial charge in [-0.3, -0.25) is 4.79 Å². The minimum absolute atomic E-state index is 0.231. The molecule has 2 rings (SSSR count). The van der Waals surface area contributed by atoms with Crippen molar-refractivity contribution in [1.29, 1.82) is 0 Å². The van der Waals surface area contributed by atoms with Crippen LogP contribution < -0.4 is 5.32 Å². The molecule has 136 valence electrons. The summed E-state index contributed by atoms with van der Waals surface area (Å²) in [5.74, 6) is -0.231. The number of carbonyl (C=O) groups excluding carboxylic acids is 2. The van der Waals surface area contributed by atoms with Crippen molar-refractivity contribution < 1.29 is 19.1 Å². The number of nitrogens with one attached hydrogen (secondary N) is 2. The molecule has 25 heavy (non-hydrogen) atoms. The summed E-state index contributed by atoms with van der Waals surface area (Å²) in [5, 5.41) is 3.81. The van der Waals surface area contributed by atoms with Crippen molar-refractivity contribution in [2.24, 2.45) is 0 Å². The van der Waals surface area contributed by atoms with Gasteiger partial charge < -0.3 is 19.8 Å². The fraction of sp³-hybridized carbons (Fsp3) is 0.474. The largest absolute Gasteiger partial charge is 0.466 e. The number of aromatic amines is 1. The number of amides is 1. The third kappa shape index (κ3) is 5.81. The van der Waals surface area contributed by atoms with Crippen LogP contribution in [0, 0.1) is 0 Å². The summed E-state index contributed by atoms with van der Waals surface area (Å²) in [7, 11) is 0. The van der Waals surface area contributed by atoms with Crippen molar-refractivity contribution in [2.75, 3.05) is 13.2 Å². The lowest BCUT2D eigenvalue weighted by Crippen LogP contribution is -2.33. The third-order valence-electron chi connectivity index (χ3n) is 3.55. The van der Waals surface area contributed by atoms with Crippen molar-refractivity contribution in [3.05, 3.63) is 35.5 Å². The Balaban J connectivity index is 1.99. The SMILES string of the molecule is CCOC(=O)Cc1ccc2[nH]cc(CCNC(=O)OC(C)(C)C)c2c1. The maximum atomic E-state index is 11.7. The van der Waals surface area contributed by atoms with E-state index in [0.29, 0.717) is 19.6 Å². The quantitative estimate of drug-likeness (QED) is 0.786. The van der Waals surface area contributed by atoms with Gasteiger partial charge in [0.15, 0.2) is 0 Å². The van der Waals surface area contributed by atoms with E-state index >= 15 is 0 Å². The molecule has 0 aliphatic heterocycles. The predicted molar refractivity (Wildman–Crippen MR) is 96.6 cm³/mol. The number of benzene rings is 1. The minimum Gasteiger partial charge on any atom is -0.466 e. The van der Waals surface area contributed by atoms with Crippen LogP contribution in [0.1, 0.15) is 38.8 Å². The second-order valence-corrected chi connectivity index (χ2v) is 6.85. The fourth-order valence-electron chi connectivity index (χ4n) is 2.53. The third-order valence-corrected chi connectivity index (χ3v) is 3.55. The topological polar surface area (TPSA) is 80.4 Å². The smallest absolute Gasteiger partial charge is 0.407 e. The maximum absolute atomic E-state index is 11.7. The zero-order valence-corrected chi connectivity index (χ0v) is 15.3. The number of ether oxygens (including phenoxy) is 2. The first kappa shape index (κ1) is 18.8. The highest BCUT2D eigenvalue weighted by Gasteiger charge is 2.15. The highest BCUT2D eigenvalue weighted by molar-refractivity contribution is 5.85. The summed E-state index contributed by atoms with van der Waals surface area (Å²) >= 11 is 0. The molecular formula is C19H26N2O4. The number of aromatic nitrogens is 1. The molecule has 0 saturated carbocycles. The molecule has 2 N–H and O–H groups in total. The second kappa shape index (κ2) is 8.05. The van der Waals surface area contributed by atoms with Crippen molar-refractivity contribution in [3.8, 4) is 0 Å². The minimum atomic E-state index is -0.507. The van der Waals surface area contributed by atoms with Gasteiger partial charge in [-0.15, -0.1) is 0 Å². The van der Waals surface area contributed by atoms with E-state index in [9.17, 15) is 9.59 Å². The molecule has 2 aromatic rings. The number of alkyl carbamates (subject to hydrolysis) is 1. The first-order valence-corrected chi connectivity index (χ1v) is 8.50. The van der Waals surface area contributed by atoms with Crippen molar-refractivity contribution in [3.63, 3.8) is 0 Å². The number of rotatable bonds is 6. The van der Waals surface area contributed by atoms with E-state index in [2.05, 4.69) is 10.3 Å². The molecule has 0 saturated heterocycles. The predicted octanol–water partition coefficient (Wildman–Crippen LogP) is 3.34. The van der Waals surface area contributed by atoms with E-state index in [4.69, 9.17) is 9.47 Å². The van der Waals surface area contributed by atoms with Gasteiger partial charge in [0.1, 0.15) is 5.60 Å². The van der Waals surface area contributed by atoms with Crippen LogP contribution in [0.4, 0.5) is 4.79 Å². The number of H-pyrrole nitrogens is 1. The molecule has 0 aliphatic carbocycles. The van der Waals surface area contributed by atoms with Gasteiger partial charge in [-0.05, 0) is 57.4 Å². The molecule has 6 nitrogen and oxygen atoms in total. The normalized spacial score (nSPS) is 11.4. The van der Waals surface area contributed by atoms with Gasteiger partial charge in [0.2, 0.25) is 0 Å². The van der Waals surface area contributed by atoms with E-state index in [1.165, 1.54) is 0 Å². The van der Waals surface area contributed by atoms with Gasteiger partial charge in [0.05, 0.1) is 13.0 Å². The molecule has 0 aliphatic rings. The summed E-state index contributed by atoms with van der Waals surface area (Å²) < 4.78 is 10.2. The Bertz CT molecular complexity index is 743. The Morgan fingerprint density at radius 2 is 2.00 bits per heavy atom. The number of hydrogen-bond donors (Lipinski definition) is 2. The van der Waals surface area contributed by atoms with Crippen LogP contribution in [0.15, 0.2) is 24.4 Å². The van der Waals surface area contributed by atoms with E-state index in [1.807, 2.05) is 45.2 Å². The van der Waals surface area contributed by atoms with E-state index in [0.717, 1.165) is 22.0 Å². The van der Waals surface area contributed by atoms with Gasteiger partial charge in [-0.25, -0.2) is 4.79 Å². The number of fused-ring (bicyclic) bond motifs is 1. The van der Waals surface area contributed by atoms with Gasteiger partial charge in [0.25, 0.3) is 0 Å². The summed E-state index contributed by atoms with van der Waals surface area (Å²) in [6.45, 7) is 8.14. The van der Waals surface area contributed by atoms with E-state index in [-0.39, 0.29) is 12.4 Å². The molecule has 1 aromatic heterocycles. The van der Waals surface area contributed by atoms with Gasteiger partial charge in [0, 0.05) is 23.6 Å². The molecule has 1 amide bonds. The molecule has 0 bridgehead atoms. The van der Waals surface area contributed by atoms with Crippen LogP contribution in [0.2, 0.25) is 0 Å². The van der Waals surface area contributed by atoms with Crippen LogP contribution in [-0.2, 0) is 27.1 Å². The van der Waals surface area contributed by atoms with Crippen LogP contribution in [0.5, 0.6) is 0 Å². The molecule has 0 radical (unpaired) electrons. The first-order chi connectivity index (χ1) is 11.8. The zero-order chi connectivity index (χ0) is 18.4. The van der Waals surface area contributed by atoms with Crippen molar-refractivity contribution in [2.45, 2.75) is 46.1 Å². The summed E-state index contributed by atoms with van der Waals surface area (Å²) in [4.78, 5) is 26.5. The Hall–Kier alpha value is -2.50. The molecule has 0 unspecified atom stereocenters. The average Bonchev–Trinajstić information content (AvgIpc) is 2.88. The molecule has 0 fully saturated rings. The average molecular weight is 346 g/mol. The molecule has 1 aromatic carbocycles. The Labute approximate surface area is 147 Å². The molecule has 6 heteroatoms. The summed E-state index contributed by atoms with van der Waals surface area (Å²) in [5.41, 5.74) is 2.48. The molecule has 0 atom stereocenters. The van der Waals surface area contributed by atoms with Crippen LogP contribution in [-0.4, -0.2) is 35.8 Å². The summed E-state index contributed by atoms with van der Waals surface area (Å²) in [6, 6.07) is 5.86.